The molecule has 5 heteroatoms. The number of hydrogen-bond acceptors (Lipinski definition) is 4. The average Bonchev–Trinajstić information content (AvgIpc) is 3.00. The molecule has 0 spiro atoms. The van der Waals surface area contributed by atoms with E-state index in [9.17, 15) is 9.90 Å². The van der Waals surface area contributed by atoms with Crippen LogP contribution in [0.1, 0.15) is 90.2 Å². The highest BCUT2D eigenvalue weighted by Crippen LogP contribution is 2.61. The molecule has 1 N–H and O–H groups in total. The number of benzene rings is 2. The topological polar surface area (TPSA) is 59.0 Å². The Labute approximate surface area is 254 Å². The van der Waals surface area contributed by atoms with Crippen molar-refractivity contribution < 1.29 is 19.4 Å². The molecule has 0 saturated heterocycles. The van der Waals surface area contributed by atoms with E-state index in [4.69, 9.17) is 9.47 Å². The van der Waals surface area contributed by atoms with Crippen molar-refractivity contribution >= 4 is 5.91 Å². The van der Waals surface area contributed by atoms with Crippen LogP contribution in [0.5, 0.6) is 0 Å². The van der Waals surface area contributed by atoms with E-state index in [1.807, 2.05) is 55.1 Å². The lowest BCUT2D eigenvalue weighted by molar-refractivity contribution is -0.139. The summed E-state index contributed by atoms with van der Waals surface area (Å²) < 4.78 is 12.9. The van der Waals surface area contributed by atoms with Gasteiger partial charge in [0.25, 0.3) is 5.91 Å². The summed E-state index contributed by atoms with van der Waals surface area (Å²) in [6, 6.07) is 20.6. The van der Waals surface area contributed by atoms with Gasteiger partial charge in [0, 0.05) is 30.0 Å². The number of nitrogens with zero attached hydrogens (tertiary/aromatic N) is 1. The van der Waals surface area contributed by atoms with Gasteiger partial charge >= 0.3 is 0 Å². The number of ether oxygens (including phenoxy) is 2. The largest absolute Gasteiger partial charge is 0.384 e. The molecule has 0 bridgehead atoms. The number of carbonyl (C=O) groups excluding carboxylic acids is 1. The minimum atomic E-state index is -1.04. The van der Waals surface area contributed by atoms with Gasteiger partial charge in [-0.1, -0.05) is 106 Å². The molecule has 0 unspecified atom stereocenters. The molecule has 2 aliphatic carbocycles. The molecular formula is C37H53NO4. The predicted molar refractivity (Wildman–Crippen MR) is 170 cm³/mol. The zero-order valence-corrected chi connectivity index (χ0v) is 26.4. The molecule has 2 aromatic carbocycles. The number of aliphatic hydroxyl groups is 1. The molecule has 0 radical (unpaired) electrons. The first-order valence-electron chi connectivity index (χ1n) is 16.4. The van der Waals surface area contributed by atoms with Gasteiger partial charge in [0.05, 0.1) is 26.4 Å². The first kappa shape index (κ1) is 32.4. The number of hydrogen-bond donors (Lipinski definition) is 1. The molecule has 1 amide bonds. The Morgan fingerprint density at radius 1 is 0.857 bits per heavy atom. The van der Waals surface area contributed by atoms with Crippen LogP contribution in [-0.4, -0.2) is 47.8 Å². The van der Waals surface area contributed by atoms with Crippen molar-refractivity contribution in [1.82, 2.24) is 4.90 Å². The van der Waals surface area contributed by atoms with Gasteiger partial charge in [-0.25, -0.2) is 0 Å². The molecule has 0 heterocycles. The fourth-order valence-corrected chi connectivity index (χ4v) is 7.46. The fourth-order valence-electron chi connectivity index (χ4n) is 7.46. The number of unbranched alkanes of at least 4 members (excludes halogenated alkanes) is 2. The Bertz CT molecular complexity index is 1100. The molecule has 3 atom stereocenters. The number of likely N-dealkylation sites (N-methyl/N-ethyl adjacent to an activating group) is 1. The summed E-state index contributed by atoms with van der Waals surface area (Å²) in [6.07, 6.45) is 7.52. The van der Waals surface area contributed by atoms with Crippen molar-refractivity contribution in [1.29, 1.82) is 0 Å². The minimum Gasteiger partial charge on any atom is -0.384 e. The highest BCUT2D eigenvalue weighted by Gasteiger charge is 2.62. The summed E-state index contributed by atoms with van der Waals surface area (Å²) in [5.41, 5.74) is 2.87. The summed E-state index contributed by atoms with van der Waals surface area (Å²) in [5.74, 6) is 0.358. The molecule has 0 aromatic heterocycles. The van der Waals surface area contributed by atoms with Crippen molar-refractivity contribution in [3.63, 3.8) is 0 Å². The van der Waals surface area contributed by atoms with Gasteiger partial charge in [0.15, 0.2) is 0 Å². The van der Waals surface area contributed by atoms with E-state index >= 15 is 0 Å². The number of rotatable bonds is 17. The second-order valence-corrected chi connectivity index (χ2v) is 12.6. The maximum atomic E-state index is 14.0. The van der Waals surface area contributed by atoms with Crippen molar-refractivity contribution in [2.75, 3.05) is 26.3 Å². The van der Waals surface area contributed by atoms with Crippen LogP contribution < -0.4 is 0 Å². The molecule has 5 nitrogen and oxygen atoms in total. The summed E-state index contributed by atoms with van der Waals surface area (Å²) in [5, 5.41) is 12.3. The molecule has 2 aliphatic rings. The Balaban J connectivity index is 1.69. The Morgan fingerprint density at radius 3 is 1.90 bits per heavy atom. The van der Waals surface area contributed by atoms with Gasteiger partial charge in [0.1, 0.15) is 5.60 Å². The van der Waals surface area contributed by atoms with Gasteiger partial charge in [-0.3, -0.25) is 4.79 Å². The van der Waals surface area contributed by atoms with Gasteiger partial charge in [-0.15, -0.1) is 0 Å². The van der Waals surface area contributed by atoms with E-state index in [0.717, 1.165) is 56.1 Å². The van der Waals surface area contributed by atoms with Crippen molar-refractivity contribution in [3.05, 3.63) is 82.9 Å². The van der Waals surface area contributed by atoms with E-state index in [1.54, 1.807) is 0 Å². The molecule has 2 aromatic rings. The highest BCUT2D eigenvalue weighted by molar-refractivity contribution is 5.99. The minimum absolute atomic E-state index is 0.0188. The van der Waals surface area contributed by atoms with Crippen LogP contribution in [0, 0.1) is 17.3 Å². The van der Waals surface area contributed by atoms with Crippen LogP contribution in [0.2, 0.25) is 0 Å². The zero-order valence-electron chi connectivity index (χ0n) is 26.4. The van der Waals surface area contributed by atoms with E-state index < -0.39 is 5.60 Å². The molecular weight excluding hydrogens is 522 g/mol. The second-order valence-electron chi connectivity index (χ2n) is 12.6. The maximum absolute atomic E-state index is 14.0. The third kappa shape index (κ3) is 7.35. The number of fused-ring (bicyclic) bond motifs is 1. The SMILES string of the molecule is CCCC[C@H]1CC(COCc2ccccc2)(COCc2ccccc2)CC2=C(C(=O)N(CC)CC)[C@@](O)(CCCC)[C@@H]21. The molecule has 42 heavy (non-hydrogen) atoms. The lowest BCUT2D eigenvalue weighted by atomic mass is 9.48. The summed E-state index contributed by atoms with van der Waals surface area (Å²) in [7, 11) is 0. The van der Waals surface area contributed by atoms with Crippen LogP contribution in [0.4, 0.5) is 0 Å². The van der Waals surface area contributed by atoms with E-state index in [-0.39, 0.29) is 17.2 Å². The summed E-state index contributed by atoms with van der Waals surface area (Å²) >= 11 is 0. The summed E-state index contributed by atoms with van der Waals surface area (Å²) in [4.78, 5) is 15.9. The smallest absolute Gasteiger partial charge is 0.252 e. The van der Waals surface area contributed by atoms with E-state index in [0.29, 0.717) is 57.4 Å². The number of amides is 1. The fraction of sp³-hybridized carbons (Fsp3) is 0.595. The average molecular weight is 576 g/mol. The maximum Gasteiger partial charge on any atom is 0.252 e. The van der Waals surface area contributed by atoms with Gasteiger partial charge < -0.3 is 19.5 Å². The van der Waals surface area contributed by atoms with Crippen molar-refractivity contribution in [2.45, 2.75) is 97.9 Å². The van der Waals surface area contributed by atoms with Gasteiger partial charge in [-0.05, 0) is 56.6 Å². The van der Waals surface area contributed by atoms with Crippen molar-refractivity contribution in [2.24, 2.45) is 17.3 Å². The second kappa shape index (κ2) is 15.3. The predicted octanol–water partition coefficient (Wildman–Crippen LogP) is 7.72. The first-order valence-corrected chi connectivity index (χ1v) is 16.4. The normalized spacial score (nSPS) is 22.9. The number of carbonyl (C=O) groups is 1. The van der Waals surface area contributed by atoms with E-state index in [1.165, 1.54) is 5.57 Å². The molecule has 1 saturated carbocycles. The molecule has 230 valence electrons. The van der Waals surface area contributed by atoms with Crippen LogP contribution >= 0.6 is 0 Å². The Morgan fingerprint density at radius 2 is 1.40 bits per heavy atom. The molecule has 0 aliphatic heterocycles. The van der Waals surface area contributed by atoms with E-state index in [2.05, 4.69) is 38.1 Å². The quantitative estimate of drug-likeness (QED) is 0.210. The van der Waals surface area contributed by atoms with Crippen LogP contribution in [0.3, 0.4) is 0 Å². The zero-order chi connectivity index (χ0) is 30.0. The lowest BCUT2D eigenvalue weighted by Gasteiger charge is -2.59. The third-order valence-corrected chi connectivity index (χ3v) is 9.52. The molecule has 4 rings (SSSR count). The summed E-state index contributed by atoms with van der Waals surface area (Å²) in [6.45, 7) is 12.0. The van der Waals surface area contributed by atoms with Crippen LogP contribution in [-0.2, 0) is 27.5 Å². The van der Waals surface area contributed by atoms with Crippen LogP contribution in [0.15, 0.2) is 71.8 Å². The van der Waals surface area contributed by atoms with Gasteiger partial charge in [-0.2, -0.15) is 0 Å². The first-order chi connectivity index (χ1) is 20.4. The Kier molecular flexibility index (Phi) is 11.8. The van der Waals surface area contributed by atoms with Crippen LogP contribution in [0.25, 0.3) is 0 Å². The lowest BCUT2D eigenvalue weighted by Crippen LogP contribution is -2.61. The monoisotopic (exact) mass is 575 g/mol. The molecule has 1 fully saturated rings. The van der Waals surface area contributed by atoms with Crippen molar-refractivity contribution in [3.8, 4) is 0 Å². The Hall–Kier alpha value is -2.47. The highest BCUT2D eigenvalue weighted by atomic mass is 16.5. The standard InChI is InChI=1S/C37H53NO4/c1-5-9-21-31-23-36(27-41-25-29-17-13-11-14-18-29,28-42-26-30-19-15-12-16-20-30)24-32-33(31)37(40,22-10-6-2)34(32)35(39)38(7-3)8-4/h11-20,31,33,40H,5-10,21-28H2,1-4H3/t31-,33+,37+/m0/s1. The third-order valence-electron chi connectivity index (χ3n) is 9.52. The van der Waals surface area contributed by atoms with Gasteiger partial charge in [0.2, 0.25) is 0 Å².